The highest BCUT2D eigenvalue weighted by molar-refractivity contribution is 7.86. The molecule has 0 saturated carbocycles. The SMILES string of the molecule is Nc1cc(S(=O)(=O)O)c2cccc(S(=O)(=O)O)c2c1.O. The van der Waals surface area contributed by atoms with Crippen LogP contribution in [-0.2, 0) is 20.2 Å². The van der Waals surface area contributed by atoms with E-state index in [0.29, 0.717) is 0 Å². The van der Waals surface area contributed by atoms with Crippen molar-refractivity contribution in [1.29, 1.82) is 0 Å². The molecule has 20 heavy (non-hydrogen) atoms. The zero-order valence-corrected chi connectivity index (χ0v) is 11.4. The molecule has 0 unspecified atom stereocenters. The molecular weight excluding hydrogens is 310 g/mol. The van der Waals surface area contributed by atoms with E-state index in [0.717, 1.165) is 12.1 Å². The van der Waals surface area contributed by atoms with Crippen molar-refractivity contribution >= 4 is 36.7 Å². The van der Waals surface area contributed by atoms with Gasteiger partial charge in [-0.1, -0.05) is 12.1 Å². The molecule has 110 valence electrons. The van der Waals surface area contributed by atoms with Crippen LogP contribution < -0.4 is 5.73 Å². The Morgan fingerprint density at radius 1 is 0.850 bits per heavy atom. The van der Waals surface area contributed by atoms with Gasteiger partial charge in [0.15, 0.2) is 0 Å². The second-order valence-electron chi connectivity index (χ2n) is 3.82. The first-order valence-corrected chi connectivity index (χ1v) is 7.76. The monoisotopic (exact) mass is 321 g/mol. The van der Waals surface area contributed by atoms with Gasteiger partial charge < -0.3 is 11.2 Å². The molecule has 0 radical (unpaired) electrons. The molecule has 0 spiro atoms. The number of hydrogen-bond acceptors (Lipinski definition) is 5. The Labute approximate surface area is 114 Å². The van der Waals surface area contributed by atoms with Crippen LogP contribution in [0.2, 0.25) is 0 Å². The average Bonchev–Trinajstić information content (AvgIpc) is 2.24. The molecular formula is C10H11NO7S2. The van der Waals surface area contributed by atoms with Gasteiger partial charge in [-0.05, 0) is 18.2 Å². The van der Waals surface area contributed by atoms with Gasteiger partial charge in [-0.15, -0.1) is 0 Å². The molecule has 2 aromatic carbocycles. The molecule has 0 aromatic heterocycles. The van der Waals surface area contributed by atoms with Crippen molar-refractivity contribution in [2.24, 2.45) is 0 Å². The number of fused-ring (bicyclic) bond motifs is 1. The first-order chi connectivity index (χ1) is 8.60. The van der Waals surface area contributed by atoms with Gasteiger partial charge >= 0.3 is 0 Å². The van der Waals surface area contributed by atoms with E-state index >= 15 is 0 Å². The second-order valence-corrected chi connectivity index (χ2v) is 6.60. The van der Waals surface area contributed by atoms with Gasteiger partial charge in [-0.25, -0.2) is 0 Å². The zero-order chi connectivity index (χ0) is 14.4. The molecule has 0 amide bonds. The van der Waals surface area contributed by atoms with Crippen LogP contribution in [0, 0.1) is 0 Å². The van der Waals surface area contributed by atoms with Gasteiger partial charge in [0.25, 0.3) is 20.2 Å². The molecule has 0 bridgehead atoms. The summed E-state index contributed by atoms with van der Waals surface area (Å²) in [5, 5.41) is -0.135. The fourth-order valence-electron chi connectivity index (χ4n) is 1.78. The van der Waals surface area contributed by atoms with Gasteiger partial charge in [-0.2, -0.15) is 16.8 Å². The quantitative estimate of drug-likeness (QED) is 0.520. The maximum absolute atomic E-state index is 11.2. The Hall–Kier alpha value is -1.72. The lowest BCUT2D eigenvalue weighted by molar-refractivity contribution is 0.481. The third-order valence-electron chi connectivity index (χ3n) is 2.50. The molecule has 2 rings (SSSR count). The summed E-state index contributed by atoms with van der Waals surface area (Å²) in [6.45, 7) is 0. The lowest BCUT2D eigenvalue weighted by Gasteiger charge is -2.08. The molecule has 0 aliphatic rings. The Kier molecular flexibility index (Phi) is 4.08. The molecule has 0 fully saturated rings. The second kappa shape index (κ2) is 5.00. The van der Waals surface area contributed by atoms with E-state index in [1.165, 1.54) is 18.2 Å². The maximum Gasteiger partial charge on any atom is 0.295 e. The highest BCUT2D eigenvalue weighted by Crippen LogP contribution is 2.30. The Balaban J connectivity index is 0.00000200. The van der Waals surface area contributed by atoms with Crippen molar-refractivity contribution in [3.8, 4) is 0 Å². The van der Waals surface area contributed by atoms with E-state index in [9.17, 15) is 16.8 Å². The number of anilines is 1. The van der Waals surface area contributed by atoms with Crippen molar-refractivity contribution in [2.45, 2.75) is 9.79 Å². The molecule has 8 nitrogen and oxygen atoms in total. The molecule has 10 heteroatoms. The molecule has 6 N–H and O–H groups in total. The van der Waals surface area contributed by atoms with Crippen LogP contribution >= 0.6 is 0 Å². The van der Waals surface area contributed by atoms with Crippen molar-refractivity contribution in [2.75, 3.05) is 5.73 Å². The predicted molar refractivity (Wildman–Crippen MR) is 71.6 cm³/mol. The van der Waals surface area contributed by atoms with E-state index < -0.39 is 30.0 Å². The summed E-state index contributed by atoms with van der Waals surface area (Å²) in [4.78, 5) is -1.00. The molecule has 0 aliphatic carbocycles. The average molecular weight is 321 g/mol. The minimum absolute atomic E-state index is 0. The smallest absolute Gasteiger partial charge is 0.295 e. The van der Waals surface area contributed by atoms with Gasteiger partial charge in [0.2, 0.25) is 0 Å². The van der Waals surface area contributed by atoms with Gasteiger partial charge in [0, 0.05) is 16.5 Å². The summed E-state index contributed by atoms with van der Waals surface area (Å²) in [6, 6.07) is 5.85. The first kappa shape index (κ1) is 16.3. The van der Waals surface area contributed by atoms with Crippen molar-refractivity contribution in [1.82, 2.24) is 0 Å². The third kappa shape index (κ3) is 2.89. The van der Waals surface area contributed by atoms with Crippen LogP contribution in [0.4, 0.5) is 5.69 Å². The zero-order valence-electron chi connectivity index (χ0n) is 9.81. The molecule has 0 atom stereocenters. The predicted octanol–water partition coefficient (Wildman–Crippen LogP) is 0.0907. The number of hydrogen-bond donors (Lipinski definition) is 3. The van der Waals surface area contributed by atoms with Crippen LogP contribution in [0.1, 0.15) is 0 Å². The van der Waals surface area contributed by atoms with Crippen molar-refractivity contribution in [3.05, 3.63) is 30.3 Å². The minimum atomic E-state index is -4.57. The highest BCUT2D eigenvalue weighted by Gasteiger charge is 2.20. The Bertz CT molecular complexity index is 872. The van der Waals surface area contributed by atoms with Gasteiger partial charge in [0.1, 0.15) is 9.79 Å². The van der Waals surface area contributed by atoms with Gasteiger partial charge in [0.05, 0.1) is 0 Å². The maximum atomic E-state index is 11.2. The third-order valence-corrected chi connectivity index (χ3v) is 4.30. The van der Waals surface area contributed by atoms with Gasteiger partial charge in [-0.3, -0.25) is 9.11 Å². The van der Waals surface area contributed by atoms with E-state index in [2.05, 4.69) is 0 Å². The van der Waals surface area contributed by atoms with Crippen LogP contribution in [0.25, 0.3) is 10.8 Å². The summed E-state index contributed by atoms with van der Waals surface area (Å²) in [6.07, 6.45) is 0. The number of benzene rings is 2. The lowest BCUT2D eigenvalue weighted by Crippen LogP contribution is -2.04. The Morgan fingerprint density at radius 3 is 1.90 bits per heavy atom. The summed E-state index contributed by atoms with van der Waals surface area (Å²) in [5.74, 6) is 0. The number of nitrogen functional groups attached to an aromatic ring is 1. The van der Waals surface area contributed by atoms with Crippen molar-refractivity contribution in [3.63, 3.8) is 0 Å². The summed E-state index contributed by atoms with van der Waals surface area (Å²) < 4.78 is 63.1. The van der Waals surface area contributed by atoms with E-state index in [4.69, 9.17) is 14.8 Å². The van der Waals surface area contributed by atoms with Crippen LogP contribution in [0.5, 0.6) is 0 Å². The van der Waals surface area contributed by atoms with E-state index in [-0.39, 0.29) is 21.9 Å². The number of rotatable bonds is 2. The molecule has 0 saturated heterocycles. The van der Waals surface area contributed by atoms with E-state index in [1.807, 2.05) is 0 Å². The van der Waals surface area contributed by atoms with Crippen LogP contribution in [-0.4, -0.2) is 31.4 Å². The lowest BCUT2D eigenvalue weighted by atomic mass is 10.1. The van der Waals surface area contributed by atoms with Crippen LogP contribution in [0.3, 0.4) is 0 Å². The normalized spacial score (nSPS) is 12.1. The fourth-order valence-corrected chi connectivity index (χ4v) is 3.22. The topological polar surface area (TPSA) is 166 Å². The number of nitrogens with two attached hydrogens (primary N) is 1. The summed E-state index contributed by atoms with van der Waals surface area (Å²) >= 11 is 0. The fraction of sp³-hybridized carbons (Fsp3) is 0. The molecule has 0 aliphatic heterocycles. The van der Waals surface area contributed by atoms with E-state index in [1.54, 1.807) is 0 Å². The summed E-state index contributed by atoms with van der Waals surface area (Å²) in [5.41, 5.74) is 5.42. The van der Waals surface area contributed by atoms with Crippen molar-refractivity contribution < 1.29 is 31.4 Å². The summed E-state index contributed by atoms with van der Waals surface area (Å²) in [7, 11) is -9.11. The molecule has 0 heterocycles. The van der Waals surface area contributed by atoms with Crippen LogP contribution in [0.15, 0.2) is 40.1 Å². The highest BCUT2D eigenvalue weighted by atomic mass is 32.2. The minimum Gasteiger partial charge on any atom is -0.412 e. The first-order valence-electron chi connectivity index (χ1n) is 4.88. The standard InChI is InChI=1S/C10H9NO6S2.H2O/c11-6-4-8-7(10(5-6)19(15,16)17)2-1-3-9(8)18(12,13)14;/h1-5H,11H2,(H,12,13,14)(H,15,16,17);1H2. The Morgan fingerprint density at radius 2 is 1.40 bits per heavy atom. The largest absolute Gasteiger partial charge is 0.412 e. The molecule has 2 aromatic rings.